The van der Waals surface area contributed by atoms with Crippen LogP contribution in [0.1, 0.15) is 18.9 Å². The zero-order valence-corrected chi connectivity index (χ0v) is 15.7. The van der Waals surface area contributed by atoms with Gasteiger partial charge in [0, 0.05) is 5.56 Å². The van der Waals surface area contributed by atoms with E-state index in [1.807, 2.05) is 24.3 Å². The molecule has 0 aliphatic carbocycles. The molecule has 0 bridgehead atoms. The van der Waals surface area contributed by atoms with Gasteiger partial charge in [0.15, 0.2) is 5.69 Å². The fourth-order valence-electron chi connectivity index (χ4n) is 2.36. The lowest BCUT2D eigenvalue weighted by molar-refractivity contribution is 0.317. The molecule has 0 atom stereocenters. The van der Waals surface area contributed by atoms with Gasteiger partial charge >= 0.3 is 0 Å². The Kier molecular flexibility index (Phi) is 6.35. The molecule has 0 aliphatic heterocycles. The van der Waals surface area contributed by atoms with Gasteiger partial charge in [0.2, 0.25) is 5.95 Å². The van der Waals surface area contributed by atoms with Crippen molar-refractivity contribution in [1.82, 2.24) is 15.2 Å². The van der Waals surface area contributed by atoms with Crippen LogP contribution in [0, 0.1) is 0 Å². The topological polar surface area (TPSA) is 101 Å². The third-order valence-corrected chi connectivity index (χ3v) is 3.80. The van der Waals surface area contributed by atoms with Crippen molar-refractivity contribution in [2.24, 2.45) is 5.10 Å². The Balaban J connectivity index is 1.64. The Hall–Kier alpha value is -3.68. The number of H-pyrrole nitrogens is 1. The molecule has 8 nitrogen and oxygen atoms in total. The maximum absolute atomic E-state index is 12.3. The van der Waals surface area contributed by atoms with Gasteiger partial charge in [0.1, 0.15) is 11.5 Å². The van der Waals surface area contributed by atoms with Crippen molar-refractivity contribution in [3.63, 3.8) is 0 Å². The molecular formula is C20H21N5O3. The Morgan fingerprint density at radius 2 is 1.79 bits per heavy atom. The number of nitrogens with one attached hydrogen (secondary N) is 2. The molecule has 28 heavy (non-hydrogen) atoms. The number of anilines is 1. The maximum Gasteiger partial charge on any atom is 0.279 e. The minimum absolute atomic E-state index is 0.154. The van der Waals surface area contributed by atoms with E-state index in [0.29, 0.717) is 17.9 Å². The first-order valence-electron chi connectivity index (χ1n) is 8.83. The van der Waals surface area contributed by atoms with Crippen LogP contribution in [0.15, 0.2) is 58.4 Å². The molecule has 3 aromatic rings. The molecule has 0 saturated heterocycles. The standard InChI is InChI=1S/C20H21N5O3/c1-3-12-28-17-8-4-14(5-9-17)13-21-24-20-22-19(26)18(23-25-20)15-6-10-16(27-2)11-7-15/h4-11,13H,3,12H2,1-2H3,(H2,22,24,25,26)/b21-13+. The summed E-state index contributed by atoms with van der Waals surface area (Å²) in [5, 5.41) is 12.0. The van der Waals surface area contributed by atoms with Crippen molar-refractivity contribution in [1.29, 1.82) is 0 Å². The number of ether oxygens (including phenoxy) is 2. The fourth-order valence-corrected chi connectivity index (χ4v) is 2.36. The van der Waals surface area contributed by atoms with Crippen LogP contribution < -0.4 is 20.5 Å². The van der Waals surface area contributed by atoms with Gasteiger partial charge in [0.05, 0.1) is 19.9 Å². The molecule has 0 aliphatic rings. The first-order chi connectivity index (χ1) is 13.7. The highest BCUT2D eigenvalue weighted by atomic mass is 16.5. The molecule has 0 radical (unpaired) electrons. The van der Waals surface area contributed by atoms with E-state index in [1.165, 1.54) is 0 Å². The number of aromatic amines is 1. The quantitative estimate of drug-likeness (QED) is 0.461. The van der Waals surface area contributed by atoms with Crippen LogP contribution in [-0.2, 0) is 0 Å². The molecule has 0 amide bonds. The monoisotopic (exact) mass is 379 g/mol. The minimum atomic E-state index is -0.365. The van der Waals surface area contributed by atoms with Crippen molar-refractivity contribution >= 4 is 12.2 Å². The van der Waals surface area contributed by atoms with Crippen LogP contribution in [0.2, 0.25) is 0 Å². The summed E-state index contributed by atoms with van der Waals surface area (Å²) in [5.74, 6) is 1.67. The molecule has 1 heterocycles. The highest BCUT2D eigenvalue weighted by Gasteiger charge is 2.07. The number of rotatable bonds is 8. The third kappa shape index (κ3) is 4.94. The summed E-state index contributed by atoms with van der Waals surface area (Å²) in [7, 11) is 1.58. The van der Waals surface area contributed by atoms with Crippen molar-refractivity contribution in [2.45, 2.75) is 13.3 Å². The fraction of sp³-hybridized carbons (Fsp3) is 0.200. The van der Waals surface area contributed by atoms with E-state index in [2.05, 4.69) is 32.6 Å². The second-order valence-electron chi connectivity index (χ2n) is 5.87. The molecule has 2 aromatic carbocycles. The van der Waals surface area contributed by atoms with Gasteiger partial charge in [-0.3, -0.25) is 9.78 Å². The van der Waals surface area contributed by atoms with Crippen LogP contribution >= 0.6 is 0 Å². The van der Waals surface area contributed by atoms with Gasteiger partial charge < -0.3 is 9.47 Å². The predicted octanol–water partition coefficient (Wildman–Crippen LogP) is 3.08. The largest absolute Gasteiger partial charge is 0.497 e. The van der Waals surface area contributed by atoms with Gasteiger partial charge in [-0.25, -0.2) is 5.43 Å². The number of hydrogen-bond donors (Lipinski definition) is 2. The SMILES string of the molecule is CCCOc1ccc(/C=N/Nc2nnc(-c3ccc(OC)cc3)c(=O)[nH]2)cc1. The Bertz CT molecular complexity index is 982. The van der Waals surface area contributed by atoms with Gasteiger partial charge in [-0.1, -0.05) is 6.92 Å². The second-order valence-corrected chi connectivity index (χ2v) is 5.87. The molecule has 144 valence electrons. The summed E-state index contributed by atoms with van der Waals surface area (Å²) in [6.07, 6.45) is 2.57. The summed E-state index contributed by atoms with van der Waals surface area (Å²) in [6.45, 7) is 2.75. The van der Waals surface area contributed by atoms with Gasteiger partial charge in [-0.05, 0) is 60.5 Å². The highest BCUT2D eigenvalue weighted by Crippen LogP contribution is 2.17. The lowest BCUT2D eigenvalue weighted by atomic mass is 10.1. The number of nitrogens with zero attached hydrogens (tertiary/aromatic N) is 3. The van der Waals surface area contributed by atoms with E-state index >= 15 is 0 Å². The molecule has 0 fully saturated rings. The number of methoxy groups -OCH3 is 1. The highest BCUT2D eigenvalue weighted by molar-refractivity contribution is 5.80. The summed E-state index contributed by atoms with van der Waals surface area (Å²) < 4.78 is 10.6. The minimum Gasteiger partial charge on any atom is -0.497 e. The van der Waals surface area contributed by atoms with Crippen LogP contribution in [0.25, 0.3) is 11.3 Å². The maximum atomic E-state index is 12.3. The third-order valence-electron chi connectivity index (χ3n) is 3.80. The molecule has 3 rings (SSSR count). The Morgan fingerprint density at radius 3 is 2.43 bits per heavy atom. The van der Waals surface area contributed by atoms with Crippen molar-refractivity contribution in [3.05, 3.63) is 64.4 Å². The molecule has 2 N–H and O–H groups in total. The van der Waals surface area contributed by atoms with Crippen LogP contribution in [0.3, 0.4) is 0 Å². The van der Waals surface area contributed by atoms with Gasteiger partial charge in [-0.15, -0.1) is 10.2 Å². The lowest BCUT2D eigenvalue weighted by Gasteiger charge is -2.04. The average molecular weight is 379 g/mol. The molecule has 0 spiro atoms. The van der Waals surface area contributed by atoms with Crippen LogP contribution in [0.5, 0.6) is 11.5 Å². The van der Waals surface area contributed by atoms with Crippen LogP contribution in [0.4, 0.5) is 5.95 Å². The van der Waals surface area contributed by atoms with E-state index in [-0.39, 0.29) is 17.2 Å². The molecule has 1 aromatic heterocycles. The average Bonchev–Trinajstić information content (AvgIpc) is 2.73. The number of aromatic nitrogens is 3. The molecule has 0 unspecified atom stereocenters. The van der Waals surface area contributed by atoms with E-state index in [0.717, 1.165) is 17.7 Å². The normalized spacial score (nSPS) is 10.8. The smallest absolute Gasteiger partial charge is 0.279 e. The number of hydrazone groups is 1. The molecule has 0 saturated carbocycles. The van der Waals surface area contributed by atoms with Crippen LogP contribution in [-0.4, -0.2) is 35.1 Å². The van der Waals surface area contributed by atoms with E-state index in [1.54, 1.807) is 37.6 Å². The first-order valence-corrected chi connectivity index (χ1v) is 8.83. The second kappa shape index (κ2) is 9.31. The van der Waals surface area contributed by atoms with Crippen molar-refractivity contribution in [3.8, 4) is 22.8 Å². The van der Waals surface area contributed by atoms with Crippen molar-refractivity contribution < 1.29 is 9.47 Å². The van der Waals surface area contributed by atoms with Gasteiger partial charge in [0.25, 0.3) is 5.56 Å². The van der Waals surface area contributed by atoms with E-state index in [9.17, 15) is 4.79 Å². The zero-order valence-electron chi connectivity index (χ0n) is 15.7. The molecular weight excluding hydrogens is 358 g/mol. The van der Waals surface area contributed by atoms with Crippen molar-refractivity contribution in [2.75, 3.05) is 19.1 Å². The Labute approximate surface area is 162 Å². The Morgan fingerprint density at radius 1 is 1.07 bits per heavy atom. The summed E-state index contributed by atoms with van der Waals surface area (Å²) in [5.41, 5.74) is 4.05. The summed E-state index contributed by atoms with van der Waals surface area (Å²) in [4.78, 5) is 14.9. The first kappa shape index (κ1) is 19.1. The zero-order chi connectivity index (χ0) is 19.8. The summed E-state index contributed by atoms with van der Waals surface area (Å²) in [6, 6.07) is 14.5. The van der Waals surface area contributed by atoms with E-state index in [4.69, 9.17) is 9.47 Å². The van der Waals surface area contributed by atoms with E-state index < -0.39 is 0 Å². The number of hydrogen-bond acceptors (Lipinski definition) is 7. The lowest BCUT2D eigenvalue weighted by Crippen LogP contribution is -2.15. The number of benzene rings is 2. The summed E-state index contributed by atoms with van der Waals surface area (Å²) >= 11 is 0. The van der Waals surface area contributed by atoms with Gasteiger partial charge in [-0.2, -0.15) is 5.10 Å². The predicted molar refractivity (Wildman–Crippen MR) is 108 cm³/mol. The molecule has 8 heteroatoms.